The number of β-amino-alcohol motifs (C(OH)–C–C–N with tert-alkyl or cyclic N) is 1. The van der Waals surface area contributed by atoms with Crippen LogP contribution in [0.5, 0.6) is 0 Å². The van der Waals surface area contributed by atoms with Gasteiger partial charge >= 0.3 is 0 Å². The van der Waals surface area contributed by atoms with Crippen LogP contribution >= 0.6 is 0 Å². The number of nitrogen functional groups attached to an aromatic ring is 1. The molecule has 1 amide bonds. The number of benzene rings is 3. The molecule has 0 aliphatic carbocycles. The fraction of sp³-hybridized carbons (Fsp3) is 0.290. The van der Waals surface area contributed by atoms with E-state index in [9.17, 15) is 18.3 Å². The van der Waals surface area contributed by atoms with E-state index in [1.807, 2.05) is 43.3 Å². The highest BCUT2D eigenvalue weighted by Crippen LogP contribution is 2.33. The molecule has 10 nitrogen and oxygen atoms in total. The summed E-state index contributed by atoms with van der Waals surface area (Å²) in [6.45, 7) is 2.97. The van der Waals surface area contributed by atoms with E-state index in [1.54, 1.807) is 36.4 Å². The lowest BCUT2D eigenvalue weighted by Crippen LogP contribution is -2.34. The Labute approximate surface area is 245 Å². The first-order valence-electron chi connectivity index (χ1n) is 13.9. The zero-order chi connectivity index (χ0) is 29.9. The zero-order valence-corrected chi connectivity index (χ0v) is 24.3. The van der Waals surface area contributed by atoms with Crippen LogP contribution in [0.3, 0.4) is 0 Å². The highest BCUT2D eigenvalue weighted by Gasteiger charge is 2.31. The summed E-state index contributed by atoms with van der Waals surface area (Å²) in [7, 11) is -3.73. The topological polar surface area (TPSA) is 152 Å². The van der Waals surface area contributed by atoms with Gasteiger partial charge in [-0.1, -0.05) is 43.3 Å². The molecular weight excluding hydrogens is 554 g/mol. The van der Waals surface area contributed by atoms with Crippen molar-refractivity contribution >= 4 is 39.2 Å². The van der Waals surface area contributed by atoms with E-state index in [2.05, 4.69) is 4.99 Å². The maximum atomic E-state index is 13.5. The molecule has 1 atom stereocenters. The Morgan fingerprint density at radius 3 is 2.57 bits per heavy atom. The van der Waals surface area contributed by atoms with Crippen molar-refractivity contribution in [2.75, 3.05) is 25.4 Å². The second kappa shape index (κ2) is 12.5. The molecule has 1 fully saturated rings. The number of hydrogen-bond acceptors (Lipinski definition) is 8. The van der Waals surface area contributed by atoms with Gasteiger partial charge in [-0.15, -0.1) is 0 Å². The standard InChI is InChI=1S/C31H35N5O5S/c1-2-13-36(41-20-21-6-10-26(32)11-7-21)31(38)25-15-24-9-8-23(17-29(24)34-30(33)18-25)22-4-3-5-28(16-22)42(39,40)35-14-12-27(37)19-35/h3-11,15-17,27,37H,2,12-14,18-20,32H2,1H3,(H2,33,34)/t27-/m0/s1. The average Bonchev–Trinajstić information content (AvgIpc) is 3.35. The lowest BCUT2D eigenvalue weighted by atomic mass is 10.0. The number of carbonyl (C=O) groups excluding carboxylic acids is 1. The van der Waals surface area contributed by atoms with Crippen molar-refractivity contribution in [3.05, 3.63) is 83.4 Å². The summed E-state index contributed by atoms with van der Waals surface area (Å²) >= 11 is 0. The van der Waals surface area contributed by atoms with Gasteiger partial charge < -0.3 is 16.6 Å². The minimum Gasteiger partial charge on any atom is -0.399 e. The fourth-order valence-corrected chi connectivity index (χ4v) is 6.51. The Bertz CT molecular complexity index is 1640. The molecule has 0 spiro atoms. The van der Waals surface area contributed by atoms with Gasteiger partial charge in [-0.05, 0) is 65.9 Å². The maximum Gasteiger partial charge on any atom is 0.273 e. The average molecular weight is 590 g/mol. The molecule has 3 aromatic carbocycles. The number of amides is 1. The smallest absolute Gasteiger partial charge is 0.273 e. The quantitative estimate of drug-likeness (QED) is 0.253. The predicted octanol–water partition coefficient (Wildman–Crippen LogP) is 3.84. The van der Waals surface area contributed by atoms with Gasteiger partial charge in [-0.25, -0.2) is 18.5 Å². The second-order valence-corrected chi connectivity index (χ2v) is 12.4. The van der Waals surface area contributed by atoms with Crippen molar-refractivity contribution < 1.29 is 23.2 Å². The van der Waals surface area contributed by atoms with Crippen LogP contribution in [0, 0.1) is 0 Å². The summed E-state index contributed by atoms with van der Waals surface area (Å²) in [5.41, 5.74) is 16.8. The molecule has 0 bridgehead atoms. The summed E-state index contributed by atoms with van der Waals surface area (Å²) in [5, 5.41) is 11.2. The number of rotatable bonds is 9. The van der Waals surface area contributed by atoms with E-state index in [0.29, 0.717) is 47.5 Å². The van der Waals surface area contributed by atoms with Crippen molar-refractivity contribution in [2.45, 2.75) is 43.8 Å². The van der Waals surface area contributed by atoms with Gasteiger partial charge in [-0.3, -0.25) is 9.63 Å². The number of aliphatic imine (C=N–C) groups is 1. The number of carbonyl (C=O) groups is 1. The normalized spacial score (nSPS) is 17.2. The van der Waals surface area contributed by atoms with Crippen molar-refractivity contribution in [3.8, 4) is 11.1 Å². The van der Waals surface area contributed by atoms with Gasteiger partial charge in [0.1, 0.15) is 12.4 Å². The van der Waals surface area contributed by atoms with Crippen LogP contribution in [0.1, 0.15) is 37.3 Å². The molecule has 0 aromatic heterocycles. The van der Waals surface area contributed by atoms with Gasteiger partial charge in [0.2, 0.25) is 10.0 Å². The number of sulfonamides is 1. The first-order valence-corrected chi connectivity index (χ1v) is 15.3. The number of hydrogen-bond donors (Lipinski definition) is 3. The number of amidine groups is 1. The second-order valence-electron chi connectivity index (χ2n) is 10.5. The van der Waals surface area contributed by atoms with E-state index < -0.39 is 16.1 Å². The van der Waals surface area contributed by atoms with Crippen LogP contribution < -0.4 is 11.5 Å². The third kappa shape index (κ3) is 6.55. The van der Waals surface area contributed by atoms with Gasteiger partial charge in [0.25, 0.3) is 5.91 Å². The van der Waals surface area contributed by atoms with Gasteiger partial charge in [0.05, 0.1) is 16.7 Å². The van der Waals surface area contributed by atoms with Crippen molar-refractivity contribution in [2.24, 2.45) is 10.7 Å². The monoisotopic (exact) mass is 589 g/mol. The van der Waals surface area contributed by atoms with E-state index in [1.165, 1.54) is 9.37 Å². The number of nitrogens with zero attached hydrogens (tertiary/aromatic N) is 3. The SMILES string of the molecule is CCCN(OCc1ccc(N)cc1)C(=O)C1=Cc2ccc(-c3cccc(S(=O)(=O)N4CC[C@H](O)C4)c3)cc2N=C(N)C1. The lowest BCUT2D eigenvalue weighted by Gasteiger charge is -2.22. The number of hydroxylamine groups is 2. The Kier molecular flexibility index (Phi) is 8.74. The molecule has 2 aliphatic heterocycles. The summed E-state index contributed by atoms with van der Waals surface area (Å²) in [4.78, 5) is 24.2. The number of anilines is 1. The van der Waals surface area contributed by atoms with E-state index in [4.69, 9.17) is 16.3 Å². The number of nitrogens with two attached hydrogens (primary N) is 2. The Morgan fingerprint density at radius 2 is 1.86 bits per heavy atom. The van der Waals surface area contributed by atoms with Crippen molar-refractivity contribution in [1.29, 1.82) is 0 Å². The molecule has 3 aromatic rings. The van der Waals surface area contributed by atoms with Gasteiger partial charge in [-0.2, -0.15) is 4.31 Å². The first kappa shape index (κ1) is 29.5. The molecule has 2 aliphatic rings. The molecule has 1 saturated heterocycles. The molecule has 42 heavy (non-hydrogen) atoms. The molecule has 5 N–H and O–H groups in total. The van der Waals surface area contributed by atoms with Crippen LogP contribution in [0.15, 0.2) is 82.2 Å². The van der Waals surface area contributed by atoms with E-state index >= 15 is 0 Å². The molecule has 5 rings (SSSR count). The van der Waals surface area contributed by atoms with E-state index in [-0.39, 0.29) is 42.8 Å². The molecule has 220 valence electrons. The predicted molar refractivity (Wildman–Crippen MR) is 163 cm³/mol. The van der Waals surface area contributed by atoms with Crippen molar-refractivity contribution in [1.82, 2.24) is 9.37 Å². The van der Waals surface area contributed by atoms with Crippen LogP contribution in [0.25, 0.3) is 17.2 Å². The molecular formula is C31H35N5O5S. The van der Waals surface area contributed by atoms with Crippen LogP contribution in [-0.4, -0.2) is 60.4 Å². The third-order valence-corrected chi connectivity index (χ3v) is 9.08. The highest BCUT2D eigenvalue weighted by atomic mass is 32.2. The van der Waals surface area contributed by atoms with Gasteiger partial charge in [0, 0.05) is 42.9 Å². The van der Waals surface area contributed by atoms with E-state index in [0.717, 1.165) is 11.1 Å². The molecule has 0 saturated carbocycles. The van der Waals surface area contributed by atoms with Crippen molar-refractivity contribution in [3.63, 3.8) is 0 Å². The summed E-state index contributed by atoms with van der Waals surface area (Å²) in [5.74, 6) is -0.00304. The zero-order valence-electron chi connectivity index (χ0n) is 23.4. The molecule has 0 radical (unpaired) electrons. The number of aliphatic hydroxyl groups excluding tert-OH is 1. The number of aliphatic hydroxyl groups is 1. The summed E-state index contributed by atoms with van der Waals surface area (Å²) < 4.78 is 27.6. The van der Waals surface area contributed by atoms with Crippen LogP contribution in [-0.2, 0) is 26.3 Å². The molecule has 0 unspecified atom stereocenters. The first-order chi connectivity index (χ1) is 20.1. The molecule has 11 heteroatoms. The number of fused-ring (bicyclic) bond motifs is 1. The maximum absolute atomic E-state index is 13.5. The largest absolute Gasteiger partial charge is 0.399 e. The summed E-state index contributed by atoms with van der Waals surface area (Å²) in [6, 6.07) is 19.5. The minimum absolute atomic E-state index is 0.0922. The third-order valence-electron chi connectivity index (χ3n) is 7.22. The minimum atomic E-state index is -3.73. The fourth-order valence-electron chi connectivity index (χ4n) is 4.98. The van der Waals surface area contributed by atoms with Crippen LogP contribution in [0.2, 0.25) is 0 Å². The Morgan fingerprint density at radius 1 is 1.10 bits per heavy atom. The summed E-state index contributed by atoms with van der Waals surface area (Å²) in [6.07, 6.45) is 2.41. The highest BCUT2D eigenvalue weighted by molar-refractivity contribution is 7.89. The molecule has 2 heterocycles. The lowest BCUT2D eigenvalue weighted by molar-refractivity contribution is -0.187. The van der Waals surface area contributed by atoms with Crippen LogP contribution in [0.4, 0.5) is 11.4 Å². The Balaban J connectivity index is 1.39. The van der Waals surface area contributed by atoms with Gasteiger partial charge in [0.15, 0.2) is 0 Å². The Hall–Kier alpha value is -4.03.